The van der Waals surface area contributed by atoms with Gasteiger partial charge in [0.1, 0.15) is 0 Å². The van der Waals surface area contributed by atoms with Gasteiger partial charge in [0.2, 0.25) is 0 Å². The first-order valence-corrected chi connectivity index (χ1v) is 8.51. The fourth-order valence-electron chi connectivity index (χ4n) is 3.67. The summed E-state index contributed by atoms with van der Waals surface area (Å²) >= 11 is 1.94. The highest BCUT2D eigenvalue weighted by molar-refractivity contribution is 7.10. The van der Waals surface area contributed by atoms with Crippen LogP contribution in [-0.2, 0) is 13.0 Å². The lowest BCUT2D eigenvalue weighted by Gasteiger charge is -2.41. The molecular weight excluding hydrogens is 252 g/mol. The molecule has 1 N–H and O–H groups in total. The van der Waals surface area contributed by atoms with E-state index in [4.69, 9.17) is 0 Å². The summed E-state index contributed by atoms with van der Waals surface area (Å²) in [5.74, 6) is 0.838. The Bertz CT molecular complexity index is 418. The van der Waals surface area contributed by atoms with E-state index >= 15 is 0 Å². The van der Waals surface area contributed by atoms with Crippen molar-refractivity contribution >= 4 is 11.3 Å². The molecule has 0 saturated carbocycles. The van der Waals surface area contributed by atoms with Crippen LogP contribution in [-0.4, -0.2) is 31.1 Å². The summed E-state index contributed by atoms with van der Waals surface area (Å²) in [6.45, 7) is 11.0. The molecule has 0 radical (unpaired) electrons. The van der Waals surface area contributed by atoms with E-state index in [1.807, 2.05) is 11.3 Å². The zero-order chi connectivity index (χ0) is 13.3. The van der Waals surface area contributed by atoms with Crippen molar-refractivity contribution in [2.75, 3.05) is 26.2 Å². The van der Waals surface area contributed by atoms with Gasteiger partial charge in [0.05, 0.1) is 0 Å². The molecule has 1 fully saturated rings. The highest BCUT2D eigenvalue weighted by Crippen LogP contribution is 2.34. The van der Waals surface area contributed by atoms with Gasteiger partial charge in [-0.3, -0.25) is 4.90 Å². The van der Waals surface area contributed by atoms with Crippen LogP contribution in [0.25, 0.3) is 0 Å². The second kappa shape index (κ2) is 5.55. The maximum atomic E-state index is 3.57. The van der Waals surface area contributed by atoms with Crippen LogP contribution in [0.1, 0.15) is 37.1 Å². The van der Waals surface area contributed by atoms with Crippen molar-refractivity contribution < 1.29 is 0 Å². The van der Waals surface area contributed by atoms with Crippen LogP contribution >= 0.6 is 11.3 Å². The number of rotatable bonds is 3. The summed E-state index contributed by atoms with van der Waals surface area (Å²) in [4.78, 5) is 4.29. The number of nitrogens with zero attached hydrogens (tertiary/aromatic N) is 1. The van der Waals surface area contributed by atoms with Crippen molar-refractivity contribution in [3.63, 3.8) is 0 Å². The third-order valence-corrected chi connectivity index (χ3v) is 5.94. The van der Waals surface area contributed by atoms with Gasteiger partial charge in [-0.15, -0.1) is 11.3 Å². The Kier molecular flexibility index (Phi) is 3.97. The lowest BCUT2D eigenvalue weighted by Crippen LogP contribution is -2.45. The molecular formula is C16H26N2S. The summed E-state index contributed by atoms with van der Waals surface area (Å²) in [5.41, 5.74) is 2.01. The SMILES string of the molecule is CC(C)(CN1CCc2sccc2C1)C1CCCNC1. The van der Waals surface area contributed by atoms with Crippen LogP contribution < -0.4 is 5.32 Å². The number of nitrogens with one attached hydrogen (secondary N) is 1. The smallest absolute Gasteiger partial charge is 0.0245 e. The number of thiophene rings is 1. The second-order valence-corrected chi connectivity index (χ2v) is 7.86. The molecule has 19 heavy (non-hydrogen) atoms. The van der Waals surface area contributed by atoms with E-state index in [0.717, 1.165) is 5.92 Å². The molecule has 1 aromatic heterocycles. The normalized spacial score (nSPS) is 25.3. The van der Waals surface area contributed by atoms with Gasteiger partial charge in [-0.2, -0.15) is 0 Å². The van der Waals surface area contributed by atoms with Crippen LogP contribution in [0.5, 0.6) is 0 Å². The Balaban J connectivity index is 1.61. The Labute approximate surface area is 121 Å². The Morgan fingerprint density at radius 1 is 1.47 bits per heavy atom. The van der Waals surface area contributed by atoms with Gasteiger partial charge < -0.3 is 5.32 Å². The molecule has 2 aliphatic heterocycles. The van der Waals surface area contributed by atoms with Gasteiger partial charge in [-0.25, -0.2) is 0 Å². The predicted molar refractivity (Wildman–Crippen MR) is 82.7 cm³/mol. The van der Waals surface area contributed by atoms with Gasteiger partial charge in [-0.05, 0) is 60.7 Å². The molecule has 1 atom stereocenters. The summed E-state index contributed by atoms with van der Waals surface area (Å²) in [6.07, 6.45) is 4.01. The monoisotopic (exact) mass is 278 g/mol. The van der Waals surface area contributed by atoms with Crippen LogP contribution in [0, 0.1) is 11.3 Å². The van der Waals surface area contributed by atoms with E-state index in [9.17, 15) is 0 Å². The lowest BCUT2D eigenvalue weighted by molar-refractivity contribution is 0.0933. The Hall–Kier alpha value is -0.380. The van der Waals surface area contributed by atoms with Crippen molar-refractivity contribution in [3.05, 3.63) is 21.9 Å². The Morgan fingerprint density at radius 2 is 2.37 bits per heavy atom. The summed E-state index contributed by atoms with van der Waals surface area (Å²) in [5, 5.41) is 5.83. The molecule has 3 rings (SSSR count). The molecule has 3 heterocycles. The predicted octanol–water partition coefficient (Wildman–Crippen LogP) is 3.13. The summed E-state index contributed by atoms with van der Waals surface area (Å²) < 4.78 is 0. The highest BCUT2D eigenvalue weighted by Gasteiger charge is 2.33. The zero-order valence-electron chi connectivity index (χ0n) is 12.2. The second-order valence-electron chi connectivity index (χ2n) is 6.86. The first kappa shape index (κ1) is 13.6. The van der Waals surface area contributed by atoms with Gasteiger partial charge >= 0.3 is 0 Å². The maximum absolute atomic E-state index is 3.57. The molecule has 2 aliphatic rings. The molecule has 106 valence electrons. The van der Waals surface area contributed by atoms with Crippen LogP contribution in [0.3, 0.4) is 0 Å². The largest absolute Gasteiger partial charge is 0.316 e. The van der Waals surface area contributed by atoms with Gasteiger partial charge in [0, 0.05) is 24.5 Å². The minimum atomic E-state index is 0.431. The third kappa shape index (κ3) is 3.04. The highest BCUT2D eigenvalue weighted by atomic mass is 32.1. The molecule has 0 bridgehead atoms. The van der Waals surface area contributed by atoms with Gasteiger partial charge in [-0.1, -0.05) is 13.8 Å². The van der Waals surface area contributed by atoms with E-state index < -0.39 is 0 Å². The van der Waals surface area contributed by atoms with Crippen molar-refractivity contribution in [2.24, 2.45) is 11.3 Å². The van der Waals surface area contributed by atoms with E-state index in [1.165, 1.54) is 52.0 Å². The molecule has 1 unspecified atom stereocenters. The molecule has 2 nitrogen and oxygen atoms in total. The molecule has 0 spiro atoms. The van der Waals surface area contributed by atoms with Crippen molar-refractivity contribution in [1.29, 1.82) is 0 Å². The van der Waals surface area contributed by atoms with Crippen molar-refractivity contribution in [1.82, 2.24) is 10.2 Å². The van der Waals surface area contributed by atoms with Crippen LogP contribution in [0.4, 0.5) is 0 Å². The van der Waals surface area contributed by atoms with Crippen LogP contribution in [0.2, 0.25) is 0 Å². The van der Waals surface area contributed by atoms with E-state index in [2.05, 4.69) is 35.5 Å². The quantitative estimate of drug-likeness (QED) is 0.914. The molecule has 3 heteroatoms. The fourth-order valence-corrected chi connectivity index (χ4v) is 4.56. The average molecular weight is 278 g/mol. The van der Waals surface area contributed by atoms with E-state index in [-0.39, 0.29) is 0 Å². The number of hydrogen-bond donors (Lipinski definition) is 1. The van der Waals surface area contributed by atoms with Crippen molar-refractivity contribution in [2.45, 2.75) is 39.7 Å². The minimum absolute atomic E-state index is 0.431. The average Bonchev–Trinajstić information content (AvgIpc) is 2.87. The third-order valence-electron chi connectivity index (χ3n) is 4.92. The molecule has 0 aromatic carbocycles. The first-order chi connectivity index (χ1) is 9.15. The maximum Gasteiger partial charge on any atom is 0.0245 e. The number of hydrogen-bond acceptors (Lipinski definition) is 3. The van der Waals surface area contributed by atoms with E-state index in [0.29, 0.717) is 5.41 Å². The number of piperidine rings is 1. The summed E-state index contributed by atoms with van der Waals surface area (Å²) in [7, 11) is 0. The fraction of sp³-hybridized carbons (Fsp3) is 0.750. The first-order valence-electron chi connectivity index (χ1n) is 7.63. The topological polar surface area (TPSA) is 15.3 Å². The summed E-state index contributed by atoms with van der Waals surface area (Å²) in [6, 6.07) is 2.32. The zero-order valence-corrected chi connectivity index (χ0v) is 13.1. The molecule has 1 saturated heterocycles. The van der Waals surface area contributed by atoms with Crippen LogP contribution in [0.15, 0.2) is 11.4 Å². The Morgan fingerprint density at radius 3 is 3.16 bits per heavy atom. The van der Waals surface area contributed by atoms with Gasteiger partial charge in [0.15, 0.2) is 0 Å². The standard InChI is InChI=1S/C16H26N2S/c1-16(2,14-4-3-7-17-10-14)12-18-8-5-15-13(11-18)6-9-19-15/h6,9,14,17H,3-5,7-8,10-12H2,1-2H3. The lowest BCUT2D eigenvalue weighted by atomic mass is 9.74. The molecule has 1 aromatic rings. The van der Waals surface area contributed by atoms with Crippen molar-refractivity contribution in [3.8, 4) is 0 Å². The molecule has 0 aliphatic carbocycles. The number of fused-ring (bicyclic) bond motifs is 1. The minimum Gasteiger partial charge on any atom is -0.316 e. The van der Waals surface area contributed by atoms with E-state index in [1.54, 1.807) is 10.4 Å². The molecule has 0 amide bonds. The van der Waals surface area contributed by atoms with Gasteiger partial charge in [0.25, 0.3) is 0 Å².